The highest BCUT2D eigenvalue weighted by molar-refractivity contribution is 5.84. The summed E-state index contributed by atoms with van der Waals surface area (Å²) in [5, 5.41) is 11.1. The molecule has 0 spiro atoms. The highest BCUT2D eigenvalue weighted by Gasteiger charge is 2.66. The smallest absolute Gasteiger partial charge is 0.137 e. The molecule has 0 aliphatic heterocycles. The monoisotopic (exact) mass is 316 g/mol. The van der Waals surface area contributed by atoms with Crippen LogP contribution in [0.1, 0.15) is 71.6 Å². The van der Waals surface area contributed by atoms with Gasteiger partial charge in [-0.2, -0.15) is 0 Å². The van der Waals surface area contributed by atoms with Crippen LogP contribution in [-0.4, -0.2) is 16.5 Å². The maximum atomic E-state index is 13.3. The van der Waals surface area contributed by atoms with Gasteiger partial charge in [-0.3, -0.25) is 4.79 Å². The van der Waals surface area contributed by atoms with Crippen LogP contribution in [0.5, 0.6) is 0 Å². The van der Waals surface area contributed by atoms with Crippen molar-refractivity contribution in [1.82, 2.24) is 0 Å². The van der Waals surface area contributed by atoms with Crippen LogP contribution in [0.15, 0.2) is 12.7 Å². The SMILES string of the molecule is C=C[C@@]1(O)CC[C@H]2[C@@H]3CCC4CCCC[C@]4(C)[C@H]3C(=O)C[C@@]21C. The zero-order valence-electron chi connectivity index (χ0n) is 14.8. The van der Waals surface area contributed by atoms with E-state index in [1.54, 1.807) is 6.08 Å². The standard InChI is InChI=1S/C21H32O2/c1-4-21(23)12-10-16-15-9-8-14-7-5-6-11-19(14,2)18(15)17(22)13-20(16,21)3/h4,14-16,18,23H,1,5-13H2,2-3H3/t14?,15-,16-,18+,19-,20-,21+/m0/s1. The molecule has 1 unspecified atom stereocenters. The number of rotatable bonds is 1. The molecule has 0 aromatic rings. The van der Waals surface area contributed by atoms with Gasteiger partial charge in [0.1, 0.15) is 5.78 Å². The predicted molar refractivity (Wildman–Crippen MR) is 91.9 cm³/mol. The number of ketones is 1. The lowest BCUT2D eigenvalue weighted by atomic mass is 9.44. The third-order valence-electron chi connectivity index (χ3n) is 8.82. The maximum Gasteiger partial charge on any atom is 0.137 e. The first-order valence-corrected chi connectivity index (χ1v) is 9.74. The molecule has 4 fully saturated rings. The summed E-state index contributed by atoms with van der Waals surface area (Å²) in [4.78, 5) is 13.3. The van der Waals surface area contributed by atoms with Gasteiger partial charge >= 0.3 is 0 Å². The summed E-state index contributed by atoms with van der Waals surface area (Å²) >= 11 is 0. The molecule has 0 radical (unpaired) electrons. The Hall–Kier alpha value is -0.630. The number of fused-ring (bicyclic) bond motifs is 5. The number of hydrogen-bond donors (Lipinski definition) is 1. The third kappa shape index (κ3) is 1.88. The average Bonchev–Trinajstić information content (AvgIpc) is 2.78. The third-order valence-corrected chi connectivity index (χ3v) is 8.82. The molecule has 0 heterocycles. The summed E-state index contributed by atoms with van der Waals surface area (Å²) in [6.07, 6.45) is 11.8. The molecule has 4 aliphatic carbocycles. The van der Waals surface area contributed by atoms with E-state index >= 15 is 0 Å². The van der Waals surface area contributed by atoms with E-state index in [9.17, 15) is 9.90 Å². The summed E-state index contributed by atoms with van der Waals surface area (Å²) in [6, 6.07) is 0. The van der Waals surface area contributed by atoms with Crippen molar-refractivity contribution in [1.29, 1.82) is 0 Å². The Morgan fingerprint density at radius 3 is 2.65 bits per heavy atom. The Morgan fingerprint density at radius 1 is 1.13 bits per heavy atom. The van der Waals surface area contributed by atoms with Gasteiger partial charge in [0.2, 0.25) is 0 Å². The van der Waals surface area contributed by atoms with Gasteiger partial charge in [0.25, 0.3) is 0 Å². The number of carbonyl (C=O) groups is 1. The van der Waals surface area contributed by atoms with Crippen LogP contribution < -0.4 is 0 Å². The lowest BCUT2D eigenvalue weighted by Crippen LogP contribution is -2.59. The van der Waals surface area contributed by atoms with Crippen molar-refractivity contribution in [2.75, 3.05) is 0 Å². The van der Waals surface area contributed by atoms with Crippen LogP contribution in [0.4, 0.5) is 0 Å². The van der Waals surface area contributed by atoms with Crippen molar-refractivity contribution in [2.45, 2.75) is 77.2 Å². The molecule has 0 aromatic carbocycles. The molecule has 0 bridgehead atoms. The minimum absolute atomic E-state index is 0.231. The van der Waals surface area contributed by atoms with Crippen LogP contribution in [0, 0.1) is 34.5 Å². The molecule has 2 heteroatoms. The van der Waals surface area contributed by atoms with Crippen LogP contribution in [0.3, 0.4) is 0 Å². The first-order chi connectivity index (χ1) is 10.9. The molecule has 23 heavy (non-hydrogen) atoms. The lowest BCUT2D eigenvalue weighted by Gasteiger charge is -2.60. The molecule has 2 nitrogen and oxygen atoms in total. The second-order valence-electron chi connectivity index (χ2n) is 9.50. The van der Waals surface area contributed by atoms with Gasteiger partial charge < -0.3 is 5.11 Å². The molecular weight excluding hydrogens is 284 g/mol. The number of hydrogen-bond acceptors (Lipinski definition) is 2. The number of carbonyl (C=O) groups excluding carboxylic acids is 1. The van der Waals surface area contributed by atoms with Crippen LogP contribution in [0.2, 0.25) is 0 Å². The Balaban J connectivity index is 1.73. The molecule has 128 valence electrons. The summed E-state index contributed by atoms with van der Waals surface area (Å²) in [7, 11) is 0. The van der Waals surface area contributed by atoms with E-state index in [-0.39, 0.29) is 16.7 Å². The molecule has 4 aliphatic rings. The van der Waals surface area contributed by atoms with E-state index in [0.717, 1.165) is 18.8 Å². The fourth-order valence-electron chi connectivity index (χ4n) is 7.48. The molecular formula is C21H32O2. The van der Waals surface area contributed by atoms with E-state index in [1.807, 2.05) is 0 Å². The molecule has 1 N–H and O–H groups in total. The second kappa shape index (κ2) is 4.94. The molecule has 0 saturated heterocycles. The summed E-state index contributed by atoms with van der Waals surface area (Å²) in [5.74, 6) is 2.45. The van der Waals surface area contributed by atoms with Crippen LogP contribution >= 0.6 is 0 Å². The van der Waals surface area contributed by atoms with Crippen molar-refractivity contribution in [3.63, 3.8) is 0 Å². The van der Waals surface area contributed by atoms with Crippen molar-refractivity contribution in [3.8, 4) is 0 Å². The minimum Gasteiger partial charge on any atom is -0.385 e. The first kappa shape index (κ1) is 15.9. The van der Waals surface area contributed by atoms with Gasteiger partial charge in [0.05, 0.1) is 5.60 Å². The summed E-state index contributed by atoms with van der Waals surface area (Å²) in [5.41, 5.74) is -0.901. The fourth-order valence-corrected chi connectivity index (χ4v) is 7.48. The van der Waals surface area contributed by atoms with Gasteiger partial charge in [0.15, 0.2) is 0 Å². The van der Waals surface area contributed by atoms with E-state index in [4.69, 9.17) is 0 Å². The van der Waals surface area contributed by atoms with Gasteiger partial charge in [-0.15, -0.1) is 6.58 Å². The Bertz CT molecular complexity index is 540. The Labute approximate surface area is 140 Å². The van der Waals surface area contributed by atoms with E-state index < -0.39 is 5.60 Å². The highest BCUT2D eigenvalue weighted by Crippen LogP contribution is 2.67. The molecule has 7 atom stereocenters. The van der Waals surface area contributed by atoms with Gasteiger partial charge in [-0.1, -0.05) is 32.8 Å². The zero-order chi connectivity index (χ0) is 16.5. The predicted octanol–water partition coefficient (Wildman–Crippen LogP) is 4.52. The van der Waals surface area contributed by atoms with Crippen LogP contribution in [-0.2, 0) is 4.79 Å². The average molecular weight is 316 g/mol. The minimum atomic E-state index is -0.845. The van der Waals surface area contributed by atoms with Crippen molar-refractivity contribution in [3.05, 3.63) is 12.7 Å². The topological polar surface area (TPSA) is 37.3 Å². The second-order valence-corrected chi connectivity index (χ2v) is 9.50. The Kier molecular flexibility index (Phi) is 3.41. The van der Waals surface area contributed by atoms with E-state index in [1.165, 1.54) is 38.5 Å². The maximum absolute atomic E-state index is 13.3. The van der Waals surface area contributed by atoms with E-state index in [2.05, 4.69) is 20.4 Å². The van der Waals surface area contributed by atoms with Crippen molar-refractivity contribution < 1.29 is 9.90 Å². The van der Waals surface area contributed by atoms with E-state index in [0.29, 0.717) is 24.0 Å². The number of aliphatic hydroxyl groups is 1. The van der Waals surface area contributed by atoms with Crippen LogP contribution in [0.25, 0.3) is 0 Å². The first-order valence-electron chi connectivity index (χ1n) is 9.74. The molecule has 4 saturated carbocycles. The quantitative estimate of drug-likeness (QED) is 0.722. The normalized spacial score (nSPS) is 55.7. The van der Waals surface area contributed by atoms with Gasteiger partial charge in [-0.05, 0) is 61.7 Å². The van der Waals surface area contributed by atoms with Crippen molar-refractivity contribution >= 4 is 5.78 Å². The van der Waals surface area contributed by atoms with Gasteiger partial charge in [-0.25, -0.2) is 0 Å². The van der Waals surface area contributed by atoms with Gasteiger partial charge in [0, 0.05) is 17.8 Å². The lowest BCUT2D eigenvalue weighted by molar-refractivity contribution is -0.165. The zero-order valence-corrected chi connectivity index (χ0v) is 14.8. The molecule has 0 amide bonds. The largest absolute Gasteiger partial charge is 0.385 e. The molecule has 4 rings (SSSR count). The van der Waals surface area contributed by atoms with Crippen molar-refractivity contribution in [2.24, 2.45) is 34.5 Å². The molecule has 0 aromatic heterocycles. The number of Topliss-reactive ketones (excluding diaryl/α,β-unsaturated/α-hetero) is 1. The highest BCUT2D eigenvalue weighted by atomic mass is 16.3. The summed E-state index contributed by atoms with van der Waals surface area (Å²) in [6.45, 7) is 8.48. The fraction of sp³-hybridized carbons (Fsp3) is 0.857. The Morgan fingerprint density at radius 2 is 1.91 bits per heavy atom. The summed E-state index contributed by atoms with van der Waals surface area (Å²) < 4.78 is 0.